The number of aliphatic imine (C=N–C) groups is 1. The Kier molecular flexibility index (Phi) is 5.09. The molecule has 2 aliphatic rings. The Morgan fingerprint density at radius 2 is 1.79 bits per heavy atom. The van der Waals surface area contributed by atoms with Gasteiger partial charge >= 0.3 is 0 Å². The van der Waals surface area contributed by atoms with Gasteiger partial charge in [0.05, 0.1) is 23.4 Å². The quantitative estimate of drug-likeness (QED) is 0.475. The van der Waals surface area contributed by atoms with E-state index in [2.05, 4.69) is 4.99 Å². The number of aryl methyl sites for hydroxylation is 1. The number of hydrogen-bond acceptors (Lipinski definition) is 3. The summed E-state index contributed by atoms with van der Waals surface area (Å²) in [6.07, 6.45) is 5.86. The first-order chi connectivity index (χ1) is 15.9. The molecule has 0 aliphatic carbocycles. The smallest absolute Gasteiger partial charge is 0.262 e. The predicted molar refractivity (Wildman–Crippen MR) is 118 cm³/mol. The van der Waals surface area contributed by atoms with E-state index in [1.54, 1.807) is 49.4 Å². The first kappa shape index (κ1) is 20.8. The number of carbonyl (C=O) groups is 1. The SMILES string of the molecule is Cc1cccc(C2=CN3C(=O)/C(=C/c4ccco4)C=C3C(Cc3c(F)cccc3F)=N2)c1F. The van der Waals surface area contributed by atoms with Crippen LogP contribution in [0.15, 0.2) is 87.7 Å². The van der Waals surface area contributed by atoms with E-state index >= 15 is 0 Å². The van der Waals surface area contributed by atoms with E-state index in [4.69, 9.17) is 4.42 Å². The largest absolute Gasteiger partial charge is 0.465 e. The van der Waals surface area contributed by atoms with Crippen LogP contribution in [-0.2, 0) is 11.2 Å². The molecule has 4 nitrogen and oxygen atoms in total. The van der Waals surface area contributed by atoms with Crippen LogP contribution in [0.3, 0.4) is 0 Å². The van der Waals surface area contributed by atoms with Crippen LogP contribution in [0.4, 0.5) is 13.2 Å². The summed E-state index contributed by atoms with van der Waals surface area (Å²) in [6, 6.07) is 11.8. The van der Waals surface area contributed by atoms with Gasteiger partial charge in [-0.2, -0.15) is 0 Å². The van der Waals surface area contributed by atoms with Gasteiger partial charge in [-0.15, -0.1) is 0 Å². The van der Waals surface area contributed by atoms with Crippen LogP contribution in [-0.4, -0.2) is 16.5 Å². The average Bonchev–Trinajstić information content (AvgIpc) is 3.41. The van der Waals surface area contributed by atoms with Gasteiger partial charge in [-0.25, -0.2) is 18.2 Å². The second kappa shape index (κ2) is 8.09. The zero-order chi connectivity index (χ0) is 23.1. The lowest BCUT2D eigenvalue weighted by molar-refractivity contribution is -0.121. The number of amides is 1. The van der Waals surface area contributed by atoms with Crippen molar-refractivity contribution in [3.05, 3.63) is 118 Å². The predicted octanol–water partition coefficient (Wildman–Crippen LogP) is 5.81. The average molecular weight is 446 g/mol. The number of nitrogens with zero attached hydrogens (tertiary/aromatic N) is 2. The highest BCUT2D eigenvalue weighted by Gasteiger charge is 2.34. The van der Waals surface area contributed by atoms with Crippen LogP contribution >= 0.6 is 0 Å². The summed E-state index contributed by atoms with van der Waals surface area (Å²) in [4.78, 5) is 19.0. The van der Waals surface area contributed by atoms with Crippen LogP contribution in [0, 0.1) is 24.4 Å². The Labute approximate surface area is 187 Å². The minimum absolute atomic E-state index is 0.182. The Balaban J connectivity index is 1.64. The number of carbonyl (C=O) groups excluding carboxylic acids is 1. The lowest BCUT2D eigenvalue weighted by Gasteiger charge is -2.24. The third-order valence-corrected chi connectivity index (χ3v) is 5.53. The maximum absolute atomic E-state index is 14.9. The maximum atomic E-state index is 14.9. The summed E-state index contributed by atoms with van der Waals surface area (Å²) in [7, 11) is 0. The molecule has 0 saturated carbocycles. The van der Waals surface area contributed by atoms with Gasteiger partial charge in [-0.3, -0.25) is 9.69 Å². The van der Waals surface area contributed by atoms with E-state index < -0.39 is 17.5 Å². The lowest BCUT2D eigenvalue weighted by Crippen LogP contribution is -2.28. The fraction of sp³-hybridized carbons (Fsp3) is 0.0769. The van der Waals surface area contributed by atoms with Crippen molar-refractivity contribution in [2.45, 2.75) is 13.3 Å². The van der Waals surface area contributed by atoms with Crippen molar-refractivity contribution in [3.63, 3.8) is 0 Å². The summed E-state index contributed by atoms with van der Waals surface area (Å²) < 4.78 is 49.0. The van der Waals surface area contributed by atoms with E-state index in [0.717, 1.165) is 12.1 Å². The minimum Gasteiger partial charge on any atom is -0.465 e. The molecule has 0 unspecified atom stereocenters. The Hall–Kier alpha value is -4.13. The number of fused-ring (bicyclic) bond motifs is 1. The summed E-state index contributed by atoms with van der Waals surface area (Å²) in [5, 5.41) is 0. The van der Waals surface area contributed by atoms with Crippen LogP contribution in [0.2, 0.25) is 0 Å². The minimum atomic E-state index is -0.724. The molecule has 33 heavy (non-hydrogen) atoms. The Morgan fingerprint density at radius 1 is 1.03 bits per heavy atom. The molecule has 7 heteroatoms. The number of allylic oxidation sites excluding steroid dienone is 1. The molecule has 0 N–H and O–H groups in total. The Bertz CT molecular complexity index is 1380. The van der Waals surface area contributed by atoms with Crippen molar-refractivity contribution in [2.24, 2.45) is 4.99 Å². The van der Waals surface area contributed by atoms with Crippen LogP contribution in [0.25, 0.3) is 11.8 Å². The van der Waals surface area contributed by atoms with Crippen molar-refractivity contribution in [2.75, 3.05) is 0 Å². The molecule has 5 rings (SSSR count). The molecule has 1 aromatic heterocycles. The second-order valence-corrected chi connectivity index (χ2v) is 7.71. The number of halogens is 3. The first-order valence-electron chi connectivity index (χ1n) is 10.2. The lowest BCUT2D eigenvalue weighted by atomic mass is 10.0. The molecule has 2 aromatic carbocycles. The van der Waals surface area contributed by atoms with Crippen molar-refractivity contribution >= 4 is 23.4 Å². The molecular formula is C26H17F3N2O2. The van der Waals surface area contributed by atoms with Crippen molar-refractivity contribution < 1.29 is 22.4 Å². The van der Waals surface area contributed by atoms with Crippen molar-refractivity contribution in [1.29, 1.82) is 0 Å². The summed E-state index contributed by atoms with van der Waals surface area (Å²) >= 11 is 0. The van der Waals surface area contributed by atoms with Crippen LogP contribution in [0.1, 0.15) is 22.5 Å². The molecule has 2 aliphatic heterocycles. The molecule has 164 valence electrons. The normalized spacial score (nSPS) is 16.6. The van der Waals surface area contributed by atoms with Gasteiger partial charge in [-0.05, 0) is 55.0 Å². The third kappa shape index (κ3) is 3.71. The zero-order valence-corrected chi connectivity index (χ0v) is 17.5. The van der Waals surface area contributed by atoms with Crippen LogP contribution in [0.5, 0.6) is 0 Å². The van der Waals surface area contributed by atoms with Gasteiger partial charge in [0.15, 0.2) is 0 Å². The molecule has 0 radical (unpaired) electrons. The highest BCUT2D eigenvalue weighted by atomic mass is 19.1. The standard InChI is InChI=1S/C26H17F3N2O2/c1-15-5-2-7-18(25(15)29)23-14-31-24(12-16(26(31)32)11-17-6-4-10-33-17)22(30-23)13-19-20(27)8-3-9-21(19)28/h2-12,14H,13H2,1H3/b16-11+. The molecule has 0 atom stereocenters. The second-order valence-electron chi connectivity index (χ2n) is 7.71. The van der Waals surface area contributed by atoms with E-state index in [9.17, 15) is 18.0 Å². The fourth-order valence-corrected chi connectivity index (χ4v) is 3.84. The molecule has 0 saturated heterocycles. The van der Waals surface area contributed by atoms with Crippen molar-refractivity contribution in [1.82, 2.24) is 4.90 Å². The summed E-state index contributed by atoms with van der Waals surface area (Å²) in [5.74, 6) is -1.83. The van der Waals surface area contributed by atoms with Gasteiger partial charge in [0, 0.05) is 29.3 Å². The molecule has 0 spiro atoms. The Morgan fingerprint density at radius 3 is 2.52 bits per heavy atom. The van der Waals surface area contributed by atoms with Crippen molar-refractivity contribution in [3.8, 4) is 0 Å². The van der Waals surface area contributed by atoms with E-state index in [1.165, 1.54) is 23.4 Å². The molecule has 0 bridgehead atoms. The first-order valence-corrected chi connectivity index (χ1v) is 10.2. The highest BCUT2D eigenvalue weighted by molar-refractivity contribution is 6.17. The van der Waals surface area contributed by atoms with Gasteiger partial charge < -0.3 is 4.42 Å². The molecule has 0 fully saturated rings. The number of furan rings is 1. The third-order valence-electron chi connectivity index (χ3n) is 5.53. The maximum Gasteiger partial charge on any atom is 0.262 e. The fourth-order valence-electron chi connectivity index (χ4n) is 3.84. The number of hydrogen-bond donors (Lipinski definition) is 0. The van der Waals surface area contributed by atoms with Gasteiger partial charge in [0.25, 0.3) is 5.91 Å². The van der Waals surface area contributed by atoms with E-state index in [1.807, 2.05) is 0 Å². The van der Waals surface area contributed by atoms with E-state index in [-0.39, 0.29) is 34.9 Å². The number of rotatable bonds is 4. The van der Waals surface area contributed by atoms with E-state index in [0.29, 0.717) is 22.6 Å². The summed E-state index contributed by atoms with van der Waals surface area (Å²) in [6.45, 7) is 1.62. The monoisotopic (exact) mass is 446 g/mol. The van der Waals surface area contributed by atoms with Gasteiger partial charge in [-0.1, -0.05) is 18.2 Å². The zero-order valence-electron chi connectivity index (χ0n) is 17.5. The molecule has 3 aromatic rings. The topological polar surface area (TPSA) is 45.8 Å². The van der Waals surface area contributed by atoms with Gasteiger partial charge in [0.2, 0.25) is 0 Å². The molecule has 3 heterocycles. The summed E-state index contributed by atoms with van der Waals surface area (Å²) in [5.41, 5.74) is 1.54. The highest BCUT2D eigenvalue weighted by Crippen LogP contribution is 2.34. The molecular weight excluding hydrogens is 429 g/mol. The van der Waals surface area contributed by atoms with Gasteiger partial charge in [0.1, 0.15) is 23.2 Å². The molecule has 1 amide bonds. The van der Waals surface area contributed by atoms with Crippen LogP contribution < -0.4 is 0 Å². The number of benzene rings is 2.